The van der Waals surface area contributed by atoms with Crippen LogP contribution in [0, 0.1) is 5.41 Å². The van der Waals surface area contributed by atoms with Crippen molar-refractivity contribution in [2.45, 2.75) is 13.3 Å². The first-order chi connectivity index (χ1) is 8.05. The summed E-state index contributed by atoms with van der Waals surface area (Å²) in [4.78, 5) is 11.2. The normalized spacial score (nSPS) is 16.6. The first-order valence-corrected chi connectivity index (χ1v) is 5.37. The third kappa shape index (κ3) is 2.19. The number of benzene rings is 1. The molecular formula is C12H15NO4. The standard InChI is InChI=1S/C12H15NO4/c1-12(6-13,11(14)15)5-8-2-3-9-10(4-8)17-7-16-9/h2-4H,5-7,13H2,1H3,(H,14,15). The van der Waals surface area contributed by atoms with Crippen molar-refractivity contribution in [3.63, 3.8) is 0 Å². The highest BCUT2D eigenvalue weighted by molar-refractivity contribution is 5.75. The Bertz CT molecular complexity index is 446. The Hall–Kier alpha value is -1.75. The highest BCUT2D eigenvalue weighted by atomic mass is 16.7. The molecule has 0 aliphatic carbocycles. The van der Waals surface area contributed by atoms with Crippen LogP contribution in [0.4, 0.5) is 0 Å². The van der Waals surface area contributed by atoms with Crippen LogP contribution in [-0.2, 0) is 11.2 Å². The zero-order valence-corrected chi connectivity index (χ0v) is 9.60. The van der Waals surface area contributed by atoms with E-state index in [1.165, 1.54) is 0 Å². The quantitative estimate of drug-likeness (QED) is 0.816. The van der Waals surface area contributed by atoms with E-state index in [9.17, 15) is 4.79 Å². The summed E-state index contributed by atoms with van der Waals surface area (Å²) >= 11 is 0. The first-order valence-electron chi connectivity index (χ1n) is 5.37. The molecule has 0 bridgehead atoms. The van der Waals surface area contributed by atoms with Crippen molar-refractivity contribution < 1.29 is 19.4 Å². The summed E-state index contributed by atoms with van der Waals surface area (Å²) in [5, 5.41) is 9.15. The van der Waals surface area contributed by atoms with Gasteiger partial charge in [0.15, 0.2) is 11.5 Å². The summed E-state index contributed by atoms with van der Waals surface area (Å²) < 4.78 is 10.4. The maximum Gasteiger partial charge on any atom is 0.310 e. The molecule has 0 aromatic heterocycles. The third-order valence-electron chi connectivity index (χ3n) is 3.00. The Kier molecular flexibility index (Phi) is 2.93. The van der Waals surface area contributed by atoms with Crippen LogP contribution in [0.1, 0.15) is 12.5 Å². The molecule has 0 amide bonds. The number of carboxylic acid groups (broad SMARTS) is 1. The molecule has 1 atom stereocenters. The van der Waals surface area contributed by atoms with Crippen LogP contribution < -0.4 is 15.2 Å². The van der Waals surface area contributed by atoms with E-state index in [1.54, 1.807) is 19.1 Å². The lowest BCUT2D eigenvalue weighted by Crippen LogP contribution is -2.37. The van der Waals surface area contributed by atoms with Crippen molar-refractivity contribution in [3.05, 3.63) is 23.8 Å². The summed E-state index contributed by atoms with van der Waals surface area (Å²) in [7, 11) is 0. The number of hydrogen-bond acceptors (Lipinski definition) is 4. The molecule has 1 unspecified atom stereocenters. The molecule has 5 heteroatoms. The van der Waals surface area contributed by atoms with Gasteiger partial charge in [-0.05, 0) is 31.0 Å². The van der Waals surface area contributed by atoms with Crippen LogP contribution >= 0.6 is 0 Å². The molecule has 92 valence electrons. The van der Waals surface area contributed by atoms with Gasteiger partial charge < -0.3 is 20.3 Å². The average Bonchev–Trinajstić information content (AvgIpc) is 2.75. The van der Waals surface area contributed by atoms with Gasteiger partial charge in [-0.1, -0.05) is 6.07 Å². The number of aliphatic carboxylic acids is 1. The van der Waals surface area contributed by atoms with E-state index in [0.717, 1.165) is 5.56 Å². The van der Waals surface area contributed by atoms with Gasteiger partial charge in [0, 0.05) is 6.54 Å². The Morgan fingerprint density at radius 3 is 2.82 bits per heavy atom. The first kappa shape index (κ1) is 11.7. The highest BCUT2D eigenvalue weighted by Crippen LogP contribution is 2.34. The maximum atomic E-state index is 11.2. The summed E-state index contributed by atoms with van der Waals surface area (Å²) in [6.45, 7) is 1.95. The number of carbonyl (C=O) groups is 1. The van der Waals surface area contributed by atoms with Crippen molar-refractivity contribution in [3.8, 4) is 11.5 Å². The molecule has 1 aliphatic rings. The number of hydrogen-bond donors (Lipinski definition) is 2. The van der Waals surface area contributed by atoms with Crippen molar-refractivity contribution in [2.24, 2.45) is 11.1 Å². The Morgan fingerprint density at radius 2 is 2.18 bits per heavy atom. The fourth-order valence-corrected chi connectivity index (χ4v) is 1.74. The van der Waals surface area contributed by atoms with E-state index in [2.05, 4.69) is 0 Å². The van der Waals surface area contributed by atoms with Crippen LogP contribution in [-0.4, -0.2) is 24.4 Å². The summed E-state index contributed by atoms with van der Waals surface area (Å²) in [5.74, 6) is 0.462. The lowest BCUT2D eigenvalue weighted by atomic mass is 9.84. The molecule has 2 rings (SSSR count). The van der Waals surface area contributed by atoms with Gasteiger partial charge in [-0.15, -0.1) is 0 Å². The zero-order chi connectivity index (χ0) is 12.5. The predicted octanol–water partition coefficient (Wildman–Crippen LogP) is 1.01. The van der Waals surface area contributed by atoms with Gasteiger partial charge in [-0.3, -0.25) is 4.79 Å². The fraction of sp³-hybridized carbons (Fsp3) is 0.417. The van der Waals surface area contributed by atoms with E-state index in [4.69, 9.17) is 20.3 Å². The molecule has 5 nitrogen and oxygen atoms in total. The molecule has 0 saturated heterocycles. The highest BCUT2D eigenvalue weighted by Gasteiger charge is 2.32. The molecular weight excluding hydrogens is 222 g/mol. The second-order valence-electron chi connectivity index (χ2n) is 4.43. The van der Waals surface area contributed by atoms with E-state index in [0.29, 0.717) is 17.9 Å². The lowest BCUT2D eigenvalue weighted by molar-refractivity contribution is -0.147. The van der Waals surface area contributed by atoms with Gasteiger partial charge in [-0.2, -0.15) is 0 Å². The van der Waals surface area contributed by atoms with E-state index in [1.807, 2.05) is 6.07 Å². The fourth-order valence-electron chi connectivity index (χ4n) is 1.74. The zero-order valence-electron chi connectivity index (χ0n) is 9.60. The molecule has 1 heterocycles. The minimum absolute atomic E-state index is 0.0940. The largest absolute Gasteiger partial charge is 0.481 e. The molecule has 0 saturated carbocycles. The van der Waals surface area contributed by atoms with Crippen LogP contribution in [0.2, 0.25) is 0 Å². The Balaban J connectivity index is 2.21. The van der Waals surface area contributed by atoms with E-state index in [-0.39, 0.29) is 13.3 Å². The van der Waals surface area contributed by atoms with Crippen molar-refractivity contribution in [1.29, 1.82) is 0 Å². The van der Waals surface area contributed by atoms with Crippen molar-refractivity contribution in [1.82, 2.24) is 0 Å². The molecule has 0 fully saturated rings. The van der Waals surface area contributed by atoms with Crippen LogP contribution in [0.5, 0.6) is 11.5 Å². The molecule has 1 aromatic carbocycles. The van der Waals surface area contributed by atoms with Gasteiger partial charge in [0.2, 0.25) is 6.79 Å². The SMILES string of the molecule is CC(CN)(Cc1ccc2c(c1)OCO2)C(=O)O. The smallest absolute Gasteiger partial charge is 0.310 e. The van der Waals surface area contributed by atoms with Crippen molar-refractivity contribution >= 4 is 5.97 Å². The number of fused-ring (bicyclic) bond motifs is 1. The van der Waals surface area contributed by atoms with Crippen LogP contribution in [0.15, 0.2) is 18.2 Å². The second kappa shape index (κ2) is 4.25. The Morgan fingerprint density at radius 1 is 1.47 bits per heavy atom. The van der Waals surface area contributed by atoms with Crippen LogP contribution in [0.25, 0.3) is 0 Å². The summed E-state index contributed by atoms with van der Waals surface area (Å²) in [6, 6.07) is 5.43. The van der Waals surface area contributed by atoms with Crippen molar-refractivity contribution in [2.75, 3.05) is 13.3 Å². The third-order valence-corrected chi connectivity index (χ3v) is 3.00. The van der Waals surface area contributed by atoms with Gasteiger partial charge >= 0.3 is 5.97 Å². The maximum absolute atomic E-state index is 11.2. The minimum atomic E-state index is -0.951. The molecule has 17 heavy (non-hydrogen) atoms. The lowest BCUT2D eigenvalue weighted by Gasteiger charge is -2.22. The predicted molar refractivity (Wildman–Crippen MR) is 61.1 cm³/mol. The number of nitrogens with two attached hydrogens (primary N) is 1. The summed E-state index contributed by atoms with van der Waals surface area (Å²) in [5.41, 5.74) is 5.46. The van der Waals surface area contributed by atoms with Gasteiger partial charge in [0.1, 0.15) is 0 Å². The average molecular weight is 237 g/mol. The second-order valence-corrected chi connectivity index (χ2v) is 4.43. The van der Waals surface area contributed by atoms with E-state index >= 15 is 0 Å². The van der Waals surface area contributed by atoms with Crippen LogP contribution in [0.3, 0.4) is 0 Å². The monoisotopic (exact) mass is 237 g/mol. The molecule has 1 aliphatic heterocycles. The molecule has 3 N–H and O–H groups in total. The van der Waals surface area contributed by atoms with Gasteiger partial charge in [0.25, 0.3) is 0 Å². The number of ether oxygens (including phenoxy) is 2. The van der Waals surface area contributed by atoms with Gasteiger partial charge in [-0.25, -0.2) is 0 Å². The topological polar surface area (TPSA) is 81.8 Å². The summed E-state index contributed by atoms with van der Waals surface area (Å²) in [6.07, 6.45) is 0.371. The minimum Gasteiger partial charge on any atom is -0.481 e. The number of rotatable bonds is 4. The molecule has 0 spiro atoms. The van der Waals surface area contributed by atoms with E-state index < -0.39 is 11.4 Å². The molecule has 0 radical (unpaired) electrons. The number of carboxylic acids is 1. The Labute approximate surface area is 99.1 Å². The van der Waals surface area contributed by atoms with Gasteiger partial charge in [0.05, 0.1) is 5.41 Å². The molecule has 1 aromatic rings.